The normalized spacial score (nSPS) is 12.9. The van der Waals surface area contributed by atoms with E-state index in [0.29, 0.717) is 0 Å². The number of aromatic nitrogens is 1. The number of nitrogens with zero attached hydrogens (tertiary/aromatic N) is 2. The van der Waals surface area contributed by atoms with Gasteiger partial charge in [-0.3, -0.25) is 0 Å². The lowest BCUT2D eigenvalue weighted by Crippen LogP contribution is -2.16. The highest BCUT2D eigenvalue weighted by molar-refractivity contribution is 6.24. The van der Waals surface area contributed by atoms with E-state index in [4.69, 9.17) is 0 Å². The van der Waals surface area contributed by atoms with Gasteiger partial charge in [0.1, 0.15) is 0 Å². The molecular formula is C55H40N2. The van der Waals surface area contributed by atoms with E-state index < -0.39 is 0 Å². The predicted octanol–water partition coefficient (Wildman–Crippen LogP) is 15.0. The number of hydrogen-bond donors (Lipinski definition) is 0. The molecule has 0 radical (unpaired) electrons. The summed E-state index contributed by atoms with van der Waals surface area (Å²) in [5.74, 6) is 0. The van der Waals surface area contributed by atoms with Crippen LogP contribution in [0.15, 0.2) is 206 Å². The van der Waals surface area contributed by atoms with Gasteiger partial charge in [0.25, 0.3) is 0 Å². The number of rotatable bonds is 6. The Morgan fingerprint density at radius 3 is 1.74 bits per heavy atom. The molecule has 0 aliphatic heterocycles. The first-order valence-electron chi connectivity index (χ1n) is 19.9. The van der Waals surface area contributed by atoms with Crippen molar-refractivity contribution in [2.75, 3.05) is 4.90 Å². The van der Waals surface area contributed by atoms with E-state index in [2.05, 4.69) is 230 Å². The van der Waals surface area contributed by atoms with Gasteiger partial charge in [-0.1, -0.05) is 172 Å². The maximum atomic E-state index is 2.48. The van der Waals surface area contributed by atoms with Gasteiger partial charge in [-0.15, -0.1) is 0 Å². The fourth-order valence-electron chi connectivity index (χ4n) is 9.42. The Balaban J connectivity index is 1.19. The zero-order valence-corrected chi connectivity index (χ0v) is 32.0. The van der Waals surface area contributed by atoms with Crippen LogP contribution in [-0.4, -0.2) is 4.57 Å². The van der Waals surface area contributed by atoms with Crippen molar-refractivity contribution in [1.82, 2.24) is 4.57 Å². The minimum absolute atomic E-state index is 0.132. The van der Waals surface area contributed by atoms with Crippen LogP contribution in [0.1, 0.15) is 25.0 Å². The first-order valence-corrected chi connectivity index (χ1v) is 19.9. The number of hydrogen-bond acceptors (Lipinski definition) is 1. The van der Waals surface area contributed by atoms with Crippen LogP contribution in [0.3, 0.4) is 0 Å². The van der Waals surface area contributed by atoms with Gasteiger partial charge < -0.3 is 9.47 Å². The smallest absolute Gasteiger partial charge is 0.0568 e. The van der Waals surface area contributed by atoms with Gasteiger partial charge in [0.2, 0.25) is 0 Å². The molecule has 0 amide bonds. The Morgan fingerprint density at radius 2 is 0.965 bits per heavy atom. The van der Waals surface area contributed by atoms with Gasteiger partial charge >= 0.3 is 0 Å². The summed E-state index contributed by atoms with van der Waals surface area (Å²) in [4.78, 5) is 2.48. The van der Waals surface area contributed by atoms with Crippen LogP contribution >= 0.6 is 0 Å². The molecule has 1 aliphatic carbocycles. The summed E-state index contributed by atoms with van der Waals surface area (Å²) in [6.07, 6.45) is 0. The summed E-state index contributed by atoms with van der Waals surface area (Å²) in [7, 11) is 0. The van der Waals surface area contributed by atoms with Gasteiger partial charge in [-0.05, 0) is 98.4 Å². The molecule has 270 valence electrons. The average Bonchev–Trinajstić information content (AvgIpc) is 3.73. The molecule has 2 nitrogen and oxygen atoms in total. The van der Waals surface area contributed by atoms with E-state index in [9.17, 15) is 0 Å². The number of anilines is 3. The molecule has 9 aromatic carbocycles. The van der Waals surface area contributed by atoms with E-state index in [1.807, 2.05) is 0 Å². The van der Waals surface area contributed by atoms with E-state index in [1.165, 1.54) is 77.1 Å². The van der Waals surface area contributed by atoms with Crippen molar-refractivity contribution in [2.24, 2.45) is 0 Å². The van der Waals surface area contributed by atoms with Crippen LogP contribution in [0.5, 0.6) is 0 Å². The number of benzene rings is 9. The highest BCUT2D eigenvalue weighted by Gasteiger charge is 2.36. The second-order valence-electron chi connectivity index (χ2n) is 15.8. The predicted molar refractivity (Wildman–Crippen MR) is 241 cm³/mol. The summed E-state index contributed by atoms with van der Waals surface area (Å²) >= 11 is 0. The quantitative estimate of drug-likeness (QED) is 0.165. The van der Waals surface area contributed by atoms with Crippen molar-refractivity contribution >= 4 is 49.6 Å². The van der Waals surface area contributed by atoms with Crippen LogP contribution < -0.4 is 4.90 Å². The summed E-state index contributed by atoms with van der Waals surface area (Å²) in [5.41, 5.74) is 17.0. The van der Waals surface area contributed by atoms with E-state index in [1.54, 1.807) is 0 Å². The highest BCUT2D eigenvalue weighted by atomic mass is 15.1. The van der Waals surface area contributed by atoms with Crippen molar-refractivity contribution in [1.29, 1.82) is 0 Å². The van der Waals surface area contributed by atoms with Crippen LogP contribution in [0.2, 0.25) is 0 Å². The Kier molecular flexibility index (Phi) is 7.55. The van der Waals surface area contributed by atoms with Crippen molar-refractivity contribution < 1.29 is 0 Å². The van der Waals surface area contributed by atoms with Gasteiger partial charge in [0.05, 0.1) is 16.7 Å². The lowest BCUT2D eigenvalue weighted by molar-refractivity contribution is 0.660. The van der Waals surface area contributed by atoms with Gasteiger partial charge in [-0.2, -0.15) is 0 Å². The fraction of sp³-hybridized carbons (Fsp3) is 0.0545. The van der Waals surface area contributed by atoms with Crippen molar-refractivity contribution in [3.05, 3.63) is 217 Å². The zero-order valence-electron chi connectivity index (χ0n) is 32.0. The van der Waals surface area contributed by atoms with Crippen molar-refractivity contribution in [2.45, 2.75) is 19.3 Å². The standard InChI is InChI=1S/C55H40N2/c1-55(2)49-26-13-11-22-44(49)45-33-32-43(35-50(45)55)56(41-30-28-39(29-31-41)37-16-5-3-6-17-37)52-36-53-54(47-24-10-9-23-46(47)52)48-25-12-14-27-51(48)57(53)42-21-15-20-40(34-42)38-18-7-4-8-19-38/h3-36H,1-2H3. The summed E-state index contributed by atoms with van der Waals surface area (Å²) in [6, 6.07) is 75.7. The third kappa shape index (κ3) is 5.25. The molecule has 0 N–H and O–H groups in total. The molecule has 57 heavy (non-hydrogen) atoms. The second kappa shape index (κ2) is 13.0. The maximum Gasteiger partial charge on any atom is 0.0568 e. The first kappa shape index (κ1) is 33.2. The fourth-order valence-corrected chi connectivity index (χ4v) is 9.42. The van der Waals surface area contributed by atoms with Crippen molar-refractivity contribution in [3.8, 4) is 39.1 Å². The molecule has 0 spiro atoms. The highest BCUT2D eigenvalue weighted by Crippen LogP contribution is 2.52. The summed E-state index contributed by atoms with van der Waals surface area (Å²) in [6.45, 7) is 4.73. The Morgan fingerprint density at radius 1 is 0.386 bits per heavy atom. The van der Waals surface area contributed by atoms with Crippen molar-refractivity contribution in [3.63, 3.8) is 0 Å². The summed E-state index contributed by atoms with van der Waals surface area (Å²) < 4.78 is 2.46. The molecule has 2 heteroatoms. The average molecular weight is 729 g/mol. The minimum atomic E-state index is -0.132. The molecule has 0 saturated heterocycles. The van der Waals surface area contributed by atoms with E-state index >= 15 is 0 Å². The van der Waals surface area contributed by atoms with E-state index in [-0.39, 0.29) is 5.41 Å². The van der Waals surface area contributed by atoms with Crippen LogP contribution in [0.25, 0.3) is 71.6 Å². The SMILES string of the molecule is CC1(C)c2ccccc2-c2ccc(N(c3ccc(-c4ccccc4)cc3)c3cc4c(c5ccccc35)c3ccccc3n4-c3cccc(-c4ccccc4)c3)cc21. The molecule has 1 aromatic heterocycles. The monoisotopic (exact) mass is 728 g/mol. The van der Waals surface area contributed by atoms with E-state index in [0.717, 1.165) is 22.7 Å². The first-order chi connectivity index (χ1) is 28.0. The minimum Gasteiger partial charge on any atom is -0.310 e. The molecule has 1 aliphatic rings. The lowest BCUT2D eigenvalue weighted by atomic mass is 9.82. The largest absolute Gasteiger partial charge is 0.310 e. The molecule has 0 unspecified atom stereocenters. The lowest BCUT2D eigenvalue weighted by Gasteiger charge is -2.29. The number of fused-ring (bicyclic) bond motifs is 8. The van der Waals surface area contributed by atoms with Gasteiger partial charge in [0.15, 0.2) is 0 Å². The Labute approximate surface area is 333 Å². The Hall–Kier alpha value is -7.16. The third-order valence-corrected chi connectivity index (χ3v) is 12.2. The molecule has 0 saturated carbocycles. The molecule has 10 aromatic rings. The molecule has 0 bridgehead atoms. The second-order valence-corrected chi connectivity index (χ2v) is 15.8. The zero-order chi connectivity index (χ0) is 38.1. The molecular weight excluding hydrogens is 689 g/mol. The molecule has 1 heterocycles. The Bertz CT molecular complexity index is 3130. The molecule has 0 atom stereocenters. The summed E-state index contributed by atoms with van der Waals surface area (Å²) in [5, 5.41) is 4.95. The van der Waals surface area contributed by atoms with Gasteiger partial charge in [-0.25, -0.2) is 0 Å². The van der Waals surface area contributed by atoms with Gasteiger partial charge in [0, 0.05) is 38.6 Å². The molecule has 0 fully saturated rings. The maximum absolute atomic E-state index is 2.48. The van der Waals surface area contributed by atoms with Crippen LogP contribution in [-0.2, 0) is 5.41 Å². The topological polar surface area (TPSA) is 8.17 Å². The third-order valence-electron chi connectivity index (χ3n) is 12.2. The molecule has 11 rings (SSSR count). The van der Waals surface area contributed by atoms with Crippen LogP contribution in [0.4, 0.5) is 17.1 Å². The van der Waals surface area contributed by atoms with Crippen LogP contribution in [0, 0.1) is 0 Å². The number of para-hydroxylation sites is 1.